The quantitative estimate of drug-likeness (QED) is 0.620. The van der Waals surface area contributed by atoms with E-state index in [1.54, 1.807) is 0 Å². The van der Waals surface area contributed by atoms with Crippen LogP contribution in [0.15, 0.2) is 12.1 Å². The van der Waals surface area contributed by atoms with Gasteiger partial charge in [0, 0.05) is 12.1 Å². The van der Waals surface area contributed by atoms with Crippen LogP contribution >= 0.6 is 23.2 Å². The molecule has 1 aromatic carbocycles. The molecule has 1 amide bonds. The molecule has 0 aliphatic heterocycles. The lowest BCUT2D eigenvalue weighted by molar-refractivity contribution is -0.138. The molecule has 0 aliphatic rings. The van der Waals surface area contributed by atoms with Gasteiger partial charge in [0.05, 0.1) is 10.0 Å². The van der Waals surface area contributed by atoms with Crippen LogP contribution in [0.25, 0.3) is 0 Å². The van der Waals surface area contributed by atoms with Crippen molar-refractivity contribution in [1.29, 1.82) is 0 Å². The molecule has 19 heavy (non-hydrogen) atoms. The number of carbonyl (C=O) groups excluding carboxylic acids is 1. The molecule has 0 fully saturated rings. The maximum absolute atomic E-state index is 11.5. The Kier molecular flexibility index (Phi) is 5.41. The normalized spacial score (nSPS) is 11.9. The van der Waals surface area contributed by atoms with Crippen molar-refractivity contribution in [2.45, 2.75) is 18.9 Å². The smallest absolute Gasteiger partial charge is 0.320 e. The van der Waals surface area contributed by atoms with E-state index in [0.717, 1.165) is 0 Å². The number of hydrogen-bond acceptors (Lipinski definition) is 4. The number of nitrogens with one attached hydrogen (secondary N) is 1. The first-order valence-electron chi connectivity index (χ1n) is 5.27. The van der Waals surface area contributed by atoms with Crippen LogP contribution in [-0.2, 0) is 9.59 Å². The van der Waals surface area contributed by atoms with E-state index < -0.39 is 17.9 Å². The predicted octanol–water partition coefficient (Wildman–Crippen LogP) is 1.83. The fourth-order valence-corrected chi connectivity index (χ4v) is 1.76. The van der Waals surface area contributed by atoms with E-state index in [-0.39, 0.29) is 28.6 Å². The number of halogens is 2. The molecule has 0 heterocycles. The van der Waals surface area contributed by atoms with Crippen molar-refractivity contribution in [2.75, 3.05) is 5.32 Å². The third-order valence-electron chi connectivity index (χ3n) is 2.30. The largest absolute Gasteiger partial charge is 0.505 e. The summed E-state index contributed by atoms with van der Waals surface area (Å²) in [7, 11) is 0. The number of phenolic OH excluding ortho intramolecular Hbond substituents is 1. The summed E-state index contributed by atoms with van der Waals surface area (Å²) in [6, 6.07) is 1.58. The van der Waals surface area contributed by atoms with E-state index in [1.165, 1.54) is 12.1 Å². The number of rotatable bonds is 5. The molecule has 0 saturated carbocycles. The molecule has 0 aliphatic carbocycles. The summed E-state index contributed by atoms with van der Waals surface area (Å²) in [4.78, 5) is 22.0. The number of anilines is 1. The van der Waals surface area contributed by atoms with Gasteiger partial charge in [-0.25, -0.2) is 0 Å². The number of benzene rings is 1. The second kappa shape index (κ2) is 6.60. The third kappa shape index (κ3) is 4.59. The Balaban J connectivity index is 2.60. The van der Waals surface area contributed by atoms with Gasteiger partial charge in [-0.2, -0.15) is 0 Å². The van der Waals surface area contributed by atoms with Crippen LogP contribution in [0.2, 0.25) is 10.0 Å². The zero-order valence-corrected chi connectivity index (χ0v) is 11.2. The summed E-state index contributed by atoms with van der Waals surface area (Å²) < 4.78 is 0. The SMILES string of the molecule is N[C@@H](CCC(=O)Nc1cc(Cl)c(O)c(Cl)c1)C(=O)O. The first-order valence-corrected chi connectivity index (χ1v) is 6.03. The minimum Gasteiger partial charge on any atom is -0.505 e. The topological polar surface area (TPSA) is 113 Å². The summed E-state index contributed by atoms with van der Waals surface area (Å²) in [6.07, 6.45) is -0.0374. The zero-order valence-electron chi connectivity index (χ0n) is 9.69. The van der Waals surface area contributed by atoms with Crippen LogP contribution in [0.1, 0.15) is 12.8 Å². The molecule has 0 spiro atoms. The molecule has 6 nitrogen and oxygen atoms in total. The van der Waals surface area contributed by atoms with Crippen LogP contribution in [-0.4, -0.2) is 28.1 Å². The van der Waals surface area contributed by atoms with Crippen LogP contribution in [0.4, 0.5) is 5.69 Å². The minimum atomic E-state index is -1.16. The summed E-state index contributed by atoms with van der Waals surface area (Å²) >= 11 is 11.4. The van der Waals surface area contributed by atoms with Gasteiger partial charge in [0.25, 0.3) is 0 Å². The van der Waals surface area contributed by atoms with Gasteiger partial charge in [-0.05, 0) is 18.6 Å². The molecule has 0 radical (unpaired) electrons. The lowest BCUT2D eigenvalue weighted by Gasteiger charge is -2.09. The molecule has 104 valence electrons. The molecule has 1 rings (SSSR count). The van der Waals surface area contributed by atoms with Crippen molar-refractivity contribution >= 4 is 40.8 Å². The highest BCUT2D eigenvalue weighted by molar-refractivity contribution is 6.37. The highest BCUT2D eigenvalue weighted by Gasteiger charge is 2.14. The predicted molar refractivity (Wildman–Crippen MR) is 71.6 cm³/mol. The van der Waals surface area contributed by atoms with Crippen molar-refractivity contribution < 1.29 is 19.8 Å². The van der Waals surface area contributed by atoms with Crippen LogP contribution < -0.4 is 11.1 Å². The Bertz CT molecular complexity index is 484. The van der Waals surface area contributed by atoms with Crippen molar-refractivity contribution in [3.05, 3.63) is 22.2 Å². The third-order valence-corrected chi connectivity index (χ3v) is 2.88. The van der Waals surface area contributed by atoms with Crippen molar-refractivity contribution in [2.24, 2.45) is 5.73 Å². The first kappa shape index (κ1) is 15.6. The van der Waals surface area contributed by atoms with E-state index >= 15 is 0 Å². The number of carbonyl (C=O) groups is 2. The van der Waals surface area contributed by atoms with Gasteiger partial charge in [-0.15, -0.1) is 0 Å². The lowest BCUT2D eigenvalue weighted by atomic mass is 10.1. The monoisotopic (exact) mass is 306 g/mol. The number of aromatic hydroxyl groups is 1. The Morgan fingerprint density at radius 3 is 2.32 bits per heavy atom. The molecule has 1 atom stereocenters. The molecular formula is C11H12Cl2N2O4. The van der Waals surface area contributed by atoms with Gasteiger partial charge >= 0.3 is 5.97 Å². The molecular weight excluding hydrogens is 295 g/mol. The van der Waals surface area contributed by atoms with Gasteiger partial charge in [-0.3, -0.25) is 9.59 Å². The molecule has 1 aromatic rings. The number of amides is 1. The number of phenols is 1. The fourth-order valence-electron chi connectivity index (χ4n) is 1.27. The van der Waals surface area contributed by atoms with E-state index in [0.29, 0.717) is 5.69 Å². The Labute approximate surface area is 119 Å². The van der Waals surface area contributed by atoms with Gasteiger partial charge in [0.2, 0.25) is 5.91 Å². The Morgan fingerprint density at radius 2 is 1.84 bits per heavy atom. The van der Waals surface area contributed by atoms with Gasteiger partial charge in [0.15, 0.2) is 5.75 Å². The van der Waals surface area contributed by atoms with E-state index in [9.17, 15) is 14.7 Å². The maximum Gasteiger partial charge on any atom is 0.320 e. The van der Waals surface area contributed by atoms with Crippen molar-refractivity contribution in [1.82, 2.24) is 0 Å². The Morgan fingerprint density at radius 1 is 1.32 bits per heavy atom. The van der Waals surface area contributed by atoms with Crippen LogP contribution in [0.5, 0.6) is 5.75 Å². The fraction of sp³-hybridized carbons (Fsp3) is 0.273. The minimum absolute atomic E-state index is 0.00466. The number of nitrogens with two attached hydrogens (primary N) is 1. The van der Waals surface area contributed by atoms with Gasteiger partial charge < -0.3 is 21.3 Å². The molecule has 5 N–H and O–H groups in total. The summed E-state index contributed by atoms with van der Waals surface area (Å²) in [5.41, 5.74) is 5.58. The summed E-state index contributed by atoms with van der Waals surface area (Å²) in [5, 5.41) is 20.4. The number of carboxylic acids is 1. The molecule has 0 saturated heterocycles. The molecule has 0 bridgehead atoms. The highest BCUT2D eigenvalue weighted by atomic mass is 35.5. The van der Waals surface area contributed by atoms with E-state index in [4.69, 9.17) is 34.0 Å². The van der Waals surface area contributed by atoms with Crippen molar-refractivity contribution in [3.63, 3.8) is 0 Å². The first-order chi connectivity index (χ1) is 8.81. The number of carboxylic acid groups (broad SMARTS) is 1. The standard InChI is InChI=1S/C11H12Cl2N2O4/c12-6-3-5(4-7(13)10(6)17)15-9(16)2-1-8(14)11(18)19/h3-4,8,17H,1-2,14H2,(H,15,16)(H,18,19)/t8-/m0/s1. The van der Waals surface area contributed by atoms with Crippen molar-refractivity contribution in [3.8, 4) is 5.75 Å². The average molecular weight is 307 g/mol. The van der Waals surface area contributed by atoms with E-state index in [2.05, 4.69) is 5.32 Å². The molecule has 0 unspecified atom stereocenters. The maximum atomic E-state index is 11.5. The van der Waals surface area contributed by atoms with E-state index in [1.807, 2.05) is 0 Å². The second-order valence-electron chi connectivity index (χ2n) is 3.82. The lowest BCUT2D eigenvalue weighted by Crippen LogP contribution is -2.31. The zero-order chi connectivity index (χ0) is 14.6. The van der Waals surface area contributed by atoms with Crippen LogP contribution in [0.3, 0.4) is 0 Å². The Hall–Kier alpha value is -1.50. The summed E-state index contributed by atoms with van der Waals surface area (Å²) in [6.45, 7) is 0. The van der Waals surface area contributed by atoms with Gasteiger partial charge in [-0.1, -0.05) is 23.2 Å². The highest BCUT2D eigenvalue weighted by Crippen LogP contribution is 2.34. The van der Waals surface area contributed by atoms with Crippen LogP contribution in [0, 0.1) is 0 Å². The average Bonchev–Trinajstić information content (AvgIpc) is 2.32. The number of aliphatic carboxylic acids is 1. The summed E-state index contributed by atoms with van der Waals surface area (Å²) in [5.74, 6) is -1.85. The molecule has 0 aromatic heterocycles. The molecule has 8 heteroatoms. The second-order valence-corrected chi connectivity index (χ2v) is 4.63. The van der Waals surface area contributed by atoms with Gasteiger partial charge in [0.1, 0.15) is 6.04 Å². The number of hydrogen-bond donors (Lipinski definition) is 4.